The van der Waals surface area contributed by atoms with Gasteiger partial charge in [-0.2, -0.15) is 0 Å². The lowest BCUT2D eigenvalue weighted by atomic mass is 9.93. The van der Waals surface area contributed by atoms with Crippen LogP contribution in [0.2, 0.25) is 0 Å². The number of aromatic nitrogens is 1. The summed E-state index contributed by atoms with van der Waals surface area (Å²) in [6, 6.07) is 24.4. The van der Waals surface area contributed by atoms with Crippen molar-refractivity contribution in [2.24, 2.45) is 0 Å². The SMILES string of the molecule is COc1ccc(C2CC(=O)N(Cc3ccc(-c4cccnc4)cc3)C2)c2c1oc1ccccc12. The number of methoxy groups -OCH3 is 1. The molecule has 0 spiro atoms. The predicted molar refractivity (Wildman–Crippen MR) is 133 cm³/mol. The number of hydrogen-bond acceptors (Lipinski definition) is 4. The molecular formula is C29H24N2O3. The van der Waals surface area contributed by atoms with Gasteiger partial charge in [0.05, 0.1) is 7.11 Å². The Morgan fingerprint density at radius 3 is 2.65 bits per heavy atom. The van der Waals surface area contributed by atoms with Gasteiger partial charge in [-0.3, -0.25) is 9.78 Å². The van der Waals surface area contributed by atoms with Gasteiger partial charge in [-0.25, -0.2) is 0 Å². The minimum absolute atomic E-state index is 0.108. The molecule has 0 saturated carbocycles. The van der Waals surface area contributed by atoms with E-state index in [0.29, 0.717) is 25.3 Å². The van der Waals surface area contributed by atoms with E-state index in [1.807, 2.05) is 47.5 Å². The lowest BCUT2D eigenvalue weighted by Crippen LogP contribution is -2.24. The first-order chi connectivity index (χ1) is 16.7. The number of carbonyl (C=O) groups is 1. The molecule has 0 N–H and O–H groups in total. The number of carbonyl (C=O) groups excluding carboxylic acids is 1. The Morgan fingerprint density at radius 2 is 1.85 bits per heavy atom. The van der Waals surface area contributed by atoms with E-state index in [4.69, 9.17) is 9.15 Å². The highest BCUT2D eigenvalue weighted by Gasteiger charge is 2.33. The highest BCUT2D eigenvalue weighted by molar-refractivity contribution is 6.09. The zero-order valence-electron chi connectivity index (χ0n) is 18.9. The molecule has 168 valence electrons. The summed E-state index contributed by atoms with van der Waals surface area (Å²) in [6.07, 6.45) is 4.13. The van der Waals surface area contributed by atoms with E-state index in [0.717, 1.165) is 44.2 Å². The van der Waals surface area contributed by atoms with Crippen molar-refractivity contribution in [3.05, 3.63) is 96.3 Å². The fraction of sp³-hybridized carbons (Fsp3) is 0.172. The molecule has 2 aromatic heterocycles. The third-order valence-corrected chi connectivity index (χ3v) is 6.72. The number of rotatable bonds is 5. The maximum atomic E-state index is 13.0. The standard InChI is InChI=1S/C29H24N2O3/c1-33-26-13-12-23(28-24-6-2-3-7-25(24)34-29(26)28)22-15-27(32)31(18-22)17-19-8-10-20(11-9-19)21-5-4-14-30-16-21/h2-14,16,22H,15,17-18H2,1H3. The van der Waals surface area contributed by atoms with Crippen LogP contribution in [0.1, 0.15) is 23.5 Å². The molecule has 1 amide bonds. The quantitative estimate of drug-likeness (QED) is 0.323. The molecule has 3 heterocycles. The van der Waals surface area contributed by atoms with Crippen LogP contribution in [0.4, 0.5) is 0 Å². The maximum absolute atomic E-state index is 13.0. The van der Waals surface area contributed by atoms with E-state index in [1.165, 1.54) is 0 Å². The van der Waals surface area contributed by atoms with Gasteiger partial charge in [0.2, 0.25) is 5.91 Å². The number of ether oxygens (including phenoxy) is 1. The summed E-state index contributed by atoms with van der Waals surface area (Å²) in [5.74, 6) is 1.000. The van der Waals surface area contributed by atoms with Crippen molar-refractivity contribution >= 4 is 27.8 Å². The van der Waals surface area contributed by atoms with E-state index in [9.17, 15) is 4.79 Å². The Bertz CT molecular complexity index is 1490. The van der Waals surface area contributed by atoms with E-state index >= 15 is 0 Å². The van der Waals surface area contributed by atoms with Crippen LogP contribution in [0.15, 0.2) is 89.6 Å². The number of furan rings is 1. The molecule has 5 nitrogen and oxygen atoms in total. The highest BCUT2D eigenvalue weighted by atomic mass is 16.5. The molecule has 1 aliphatic heterocycles. The summed E-state index contributed by atoms with van der Waals surface area (Å²) in [7, 11) is 1.65. The average molecular weight is 449 g/mol. The number of fused-ring (bicyclic) bond motifs is 3. The minimum atomic E-state index is 0.108. The van der Waals surface area contributed by atoms with Crippen LogP contribution in [-0.4, -0.2) is 29.4 Å². The summed E-state index contributed by atoms with van der Waals surface area (Å²) in [6.45, 7) is 1.29. The summed E-state index contributed by atoms with van der Waals surface area (Å²) < 4.78 is 11.7. The normalized spacial score (nSPS) is 16.0. The zero-order valence-corrected chi connectivity index (χ0v) is 18.9. The van der Waals surface area contributed by atoms with Crippen LogP contribution in [0.25, 0.3) is 33.1 Å². The first-order valence-corrected chi connectivity index (χ1v) is 11.5. The Hall–Kier alpha value is -4.12. The largest absolute Gasteiger partial charge is 0.493 e. The summed E-state index contributed by atoms with van der Waals surface area (Å²) in [4.78, 5) is 19.1. The Kier molecular flexibility index (Phi) is 5.02. The molecule has 1 aliphatic rings. The molecule has 1 saturated heterocycles. The van der Waals surface area contributed by atoms with E-state index in [-0.39, 0.29) is 11.8 Å². The van der Waals surface area contributed by atoms with Crippen molar-refractivity contribution in [2.45, 2.75) is 18.9 Å². The van der Waals surface area contributed by atoms with Crippen molar-refractivity contribution < 1.29 is 13.9 Å². The number of benzene rings is 3. The van der Waals surface area contributed by atoms with Gasteiger partial charge in [0.15, 0.2) is 11.3 Å². The monoisotopic (exact) mass is 448 g/mol. The summed E-state index contributed by atoms with van der Waals surface area (Å²) in [5, 5.41) is 2.11. The number of hydrogen-bond donors (Lipinski definition) is 0. The lowest BCUT2D eigenvalue weighted by molar-refractivity contribution is -0.128. The van der Waals surface area contributed by atoms with Gasteiger partial charge in [0, 0.05) is 48.6 Å². The molecule has 3 aromatic carbocycles. The van der Waals surface area contributed by atoms with Gasteiger partial charge in [0.25, 0.3) is 0 Å². The number of para-hydroxylation sites is 1. The molecule has 6 rings (SSSR count). The second-order valence-electron chi connectivity index (χ2n) is 8.77. The van der Waals surface area contributed by atoms with Crippen molar-refractivity contribution in [2.75, 3.05) is 13.7 Å². The molecule has 5 heteroatoms. The fourth-order valence-corrected chi connectivity index (χ4v) is 5.02. The van der Waals surface area contributed by atoms with Gasteiger partial charge in [-0.05, 0) is 40.5 Å². The van der Waals surface area contributed by atoms with Gasteiger partial charge < -0.3 is 14.1 Å². The van der Waals surface area contributed by atoms with Crippen LogP contribution >= 0.6 is 0 Å². The molecule has 1 fully saturated rings. The second-order valence-corrected chi connectivity index (χ2v) is 8.77. The molecule has 1 unspecified atom stereocenters. The molecule has 0 radical (unpaired) electrons. The first-order valence-electron chi connectivity index (χ1n) is 11.5. The third kappa shape index (κ3) is 3.50. The van der Waals surface area contributed by atoms with Gasteiger partial charge in [0.1, 0.15) is 5.58 Å². The van der Waals surface area contributed by atoms with E-state index in [1.54, 1.807) is 13.3 Å². The molecular weight excluding hydrogens is 424 g/mol. The summed E-state index contributed by atoms with van der Waals surface area (Å²) >= 11 is 0. The maximum Gasteiger partial charge on any atom is 0.223 e. The predicted octanol–water partition coefficient (Wildman–Crippen LogP) is 6.17. The smallest absolute Gasteiger partial charge is 0.223 e. The van der Waals surface area contributed by atoms with Gasteiger partial charge >= 0.3 is 0 Å². The molecule has 1 atom stereocenters. The van der Waals surface area contributed by atoms with Gasteiger partial charge in [-0.1, -0.05) is 54.6 Å². The Labute approximate surface area is 197 Å². The van der Waals surface area contributed by atoms with Crippen molar-refractivity contribution in [1.82, 2.24) is 9.88 Å². The Balaban J connectivity index is 1.28. The van der Waals surface area contributed by atoms with Crippen LogP contribution in [-0.2, 0) is 11.3 Å². The number of pyridine rings is 1. The number of likely N-dealkylation sites (tertiary alicyclic amines) is 1. The fourth-order valence-electron chi connectivity index (χ4n) is 5.02. The molecule has 0 bridgehead atoms. The second kappa shape index (κ2) is 8.34. The summed E-state index contributed by atoms with van der Waals surface area (Å²) in [5.41, 5.74) is 6.05. The van der Waals surface area contributed by atoms with Gasteiger partial charge in [-0.15, -0.1) is 0 Å². The minimum Gasteiger partial charge on any atom is -0.493 e. The molecule has 34 heavy (non-hydrogen) atoms. The third-order valence-electron chi connectivity index (χ3n) is 6.72. The number of amides is 1. The highest BCUT2D eigenvalue weighted by Crippen LogP contribution is 2.42. The van der Waals surface area contributed by atoms with E-state index < -0.39 is 0 Å². The van der Waals surface area contributed by atoms with Crippen LogP contribution in [0.3, 0.4) is 0 Å². The number of nitrogens with zero attached hydrogens (tertiary/aromatic N) is 2. The molecule has 5 aromatic rings. The van der Waals surface area contributed by atoms with Crippen LogP contribution in [0, 0.1) is 0 Å². The average Bonchev–Trinajstić information content (AvgIpc) is 3.45. The lowest BCUT2D eigenvalue weighted by Gasteiger charge is -2.18. The zero-order chi connectivity index (χ0) is 23.1. The first kappa shape index (κ1) is 20.5. The van der Waals surface area contributed by atoms with E-state index in [2.05, 4.69) is 41.4 Å². The molecule has 0 aliphatic carbocycles. The van der Waals surface area contributed by atoms with Crippen molar-refractivity contribution in [1.29, 1.82) is 0 Å². The van der Waals surface area contributed by atoms with Crippen LogP contribution < -0.4 is 4.74 Å². The Morgan fingerprint density at radius 1 is 1.00 bits per heavy atom. The van der Waals surface area contributed by atoms with Crippen LogP contribution in [0.5, 0.6) is 5.75 Å². The van der Waals surface area contributed by atoms with Crippen molar-refractivity contribution in [3.63, 3.8) is 0 Å². The van der Waals surface area contributed by atoms with Crippen molar-refractivity contribution in [3.8, 4) is 16.9 Å². The topological polar surface area (TPSA) is 55.6 Å².